The number of anilines is 3. The third-order valence-electron chi connectivity index (χ3n) is 8.08. The van der Waals surface area contributed by atoms with E-state index in [0.29, 0.717) is 37.2 Å². The Kier molecular flexibility index (Phi) is 7.01. The Bertz CT molecular complexity index is 1470. The number of carbonyl (C=O) groups excluding carboxylic acids is 2. The van der Waals surface area contributed by atoms with Crippen molar-refractivity contribution in [3.8, 4) is 0 Å². The Labute approximate surface area is 233 Å². The lowest BCUT2D eigenvalue weighted by Crippen LogP contribution is -2.48. The fourth-order valence-electron chi connectivity index (χ4n) is 5.98. The molecule has 3 aromatic heterocycles. The number of nitrogens with two attached hydrogens (primary N) is 1. The zero-order valence-electron chi connectivity index (χ0n) is 23.0. The quantitative estimate of drug-likeness (QED) is 0.421. The summed E-state index contributed by atoms with van der Waals surface area (Å²) in [5.74, 6) is 0.986. The number of amides is 2. The molecule has 3 aliphatic rings. The van der Waals surface area contributed by atoms with Gasteiger partial charge in [-0.25, -0.2) is 14.5 Å². The lowest BCUT2D eigenvalue weighted by molar-refractivity contribution is -0.127. The fourth-order valence-corrected chi connectivity index (χ4v) is 5.98. The van der Waals surface area contributed by atoms with E-state index in [1.807, 2.05) is 16.6 Å². The number of likely N-dealkylation sites (tertiary alicyclic amines) is 1. The van der Waals surface area contributed by atoms with E-state index in [1.54, 1.807) is 17.9 Å². The van der Waals surface area contributed by atoms with E-state index in [9.17, 15) is 9.59 Å². The molecular weight excluding hydrogens is 508 g/mol. The van der Waals surface area contributed by atoms with Gasteiger partial charge in [-0.3, -0.25) is 9.59 Å². The molecule has 40 heavy (non-hydrogen) atoms. The van der Waals surface area contributed by atoms with E-state index >= 15 is 0 Å². The van der Waals surface area contributed by atoms with Crippen molar-refractivity contribution in [1.82, 2.24) is 34.7 Å². The van der Waals surface area contributed by atoms with Gasteiger partial charge in [0.05, 0.1) is 11.4 Å². The fraction of sp³-hybridized carbons (Fsp3) is 0.464. The lowest BCUT2D eigenvalue weighted by atomic mass is 10.0. The molecule has 0 aliphatic carbocycles. The highest BCUT2D eigenvalue weighted by molar-refractivity contribution is 5.93. The number of carbonyl (C=O) groups is 2. The van der Waals surface area contributed by atoms with E-state index in [-0.39, 0.29) is 17.9 Å². The molecule has 12 heteroatoms. The SMILES string of the molecule is CC(=O)N1CC=C(c2cc(N3CCC[C@@H](NC(=O)c4cccc(N[C@@H]5CCN(C)C5)n4)C3)c3c(N)ncnn23)C1. The summed E-state index contributed by atoms with van der Waals surface area (Å²) < 4.78 is 1.82. The van der Waals surface area contributed by atoms with Gasteiger partial charge in [0.1, 0.15) is 23.4 Å². The van der Waals surface area contributed by atoms with Gasteiger partial charge in [-0.2, -0.15) is 5.10 Å². The van der Waals surface area contributed by atoms with Gasteiger partial charge in [-0.1, -0.05) is 12.1 Å². The average Bonchev–Trinajstić information content (AvgIpc) is 3.68. The van der Waals surface area contributed by atoms with Gasteiger partial charge in [-0.15, -0.1) is 0 Å². The molecule has 4 N–H and O–H groups in total. The van der Waals surface area contributed by atoms with Gasteiger partial charge in [0.15, 0.2) is 5.82 Å². The molecule has 2 fully saturated rings. The molecule has 210 valence electrons. The molecule has 0 radical (unpaired) electrons. The van der Waals surface area contributed by atoms with Gasteiger partial charge >= 0.3 is 0 Å². The van der Waals surface area contributed by atoms with Crippen molar-refractivity contribution in [2.75, 3.05) is 62.3 Å². The van der Waals surface area contributed by atoms with Gasteiger partial charge in [-0.05, 0) is 56.6 Å². The molecule has 3 aliphatic heterocycles. The predicted molar refractivity (Wildman–Crippen MR) is 154 cm³/mol. The van der Waals surface area contributed by atoms with Crippen LogP contribution in [-0.4, -0.2) is 99.6 Å². The van der Waals surface area contributed by atoms with Crippen LogP contribution in [0.4, 0.5) is 17.3 Å². The molecule has 3 aromatic rings. The lowest BCUT2D eigenvalue weighted by Gasteiger charge is -2.34. The molecule has 12 nitrogen and oxygen atoms in total. The zero-order chi connectivity index (χ0) is 27.8. The summed E-state index contributed by atoms with van der Waals surface area (Å²) in [6.07, 6.45) is 6.36. The Morgan fingerprint density at radius 2 is 2.00 bits per heavy atom. The smallest absolute Gasteiger partial charge is 0.270 e. The third-order valence-corrected chi connectivity index (χ3v) is 8.08. The number of nitrogen functional groups attached to an aromatic ring is 1. The number of nitrogens with zero attached hydrogens (tertiary/aromatic N) is 7. The second-order valence-electron chi connectivity index (χ2n) is 11.0. The highest BCUT2D eigenvalue weighted by Gasteiger charge is 2.28. The standard InChI is InChI=1S/C28H36N10O2/c1-18(39)36-12-8-19(14-36)23-13-24(26-27(29)30-17-31-38(23)26)37-10-4-5-20(16-37)33-28(40)22-6-3-7-25(34-22)32-21-9-11-35(2)15-21/h3,6-8,13,17,20-21H,4-5,9-12,14-16H2,1-2H3,(H,32,34)(H,33,40)(H2,29,30,31)/t20-,21-/m1/s1. The second-order valence-corrected chi connectivity index (χ2v) is 11.0. The number of likely N-dealkylation sites (N-methyl/N-ethyl adjacent to an activating group) is 1. The predicted octanol–water partition coefficient (Wildman–Crippen LogP) is 1.47. The van der Waals surface area contributed by atoms with E-state index in [1.165, 1.54) is 6.33 Å². The normalized spacial score (nSPS) is 21.6. The first-order valence-electron chi connectivity index (χ1n) is 13.9. The summed E-state index contributed by atoms with van der Waals surface area (Å²) in [5, 5.41) is 11.2. The molecule has 0 spiro atoms. The largest absolute Gasteiger partial charge is 0.382 e. The van der Waals surface area contributed by atoms with Gasteiger partial charge in [0.25, 0.3) is 5.91 Å². The Morgan fingerprint density at radius 1 is 1.12 bits per heavy atom. The number of aromatic nitrogens is 4. The van der Waals surface area contributed by atoms with Crippen LogP contribution in [0.15, 0.2) is 36.7 Å². The molecule has 0 bridgehead atoms. The number of fused-ring (bicyclic) bond motifs is 1. The van der Waals surface area contributed by atoms with Crippen LogP contribution in [0.5, 0.6) is 0 Å². The van der Waals surface area contributed by atoms with E-state index in [2.05, 4.69) is 54.7 Å². The highest BCUT2D eigenvalue weighted by atomic mass is 16.2. The number of hydrogen-bond acceptors (Lipinski definition) is 9. The molecule has 2 amide bonds. The number of hydrogen-bond donors (Lipinski definition) is 3. The van der Waals surface area contributed by atoms with Crippen molar-refractivity contribution in [3.05, 3.63) is 48.1 Å². The molecule has 2 saturated heterocycles. The summed E-state index contributed by atoms with van der Waals surface area (Å²) in [4.78, 5) is 40.3. The maximum atomic E-state index is 13.2. The van der Waals surface area contributed by atoms with Crippen LogP contribution in [0.1, 0.15) is 42.4 Å². The number of piperidine rings is 1. The van der Waals surface area contributed by atoms with Gasteiger partial charge < -0.3 is 31.1 Å². The molecule has 0 unspecified atom stereocenters. The summed E-state index contributed by atoms with van der Waals surface area (Å²) in [5.41, 5.74) is 10.4. The third kappa shape index (κ3) is 5.18. The van der Waals surface area contributed by atoms with Crippen LogP contribution in [0.25, 0.3) is 11.1 Å². The maximum Gasteiger partial charge on any atom is 0.270 e. The number of pyridine rings is 1. The Balaban J connectivity index is 1.18. The van der Waals surface area contributed by atoms with Crippen LogP contribution >= 0.6 is 0 Å². The van der Waals surface area contributed by atoms with Crippen molar-refractivity contribution in [3.63, 3.8) is 0 Å². The summed E-state index contributed by atoms with van der Waals surface area (Å²) in [7, 11) is 2.11. The zero-order valence-corrected chi connectivity index (χ0v) is 23.0. The number of rotatable bonds is 6. The first-order chi connectivity index (χ1) is 19.4. The van der Waals surface area contributed by atoms with Crippen molar-refractivity contribution in [2.24, 2.45) is 0 Å². The summed E-state index contributed by atoms with van der Waals surface area (Å²) in [6.45, 7) is 6.17. The summed E-state index contributed by atoms with van der Waals surface area (Å²) in [6, 6.07) is 7.91. The van der Waals surface area contributed by atoms with Crippen molar-refractivity contribution in [1.29, 1.82) is 0 Å². The summed E-state index contributed by atoms with van der Waals surface area (Å²) >= 11 is 0. The van der Waals surface area contributed by atoms with Crippen LogP contribution < -0.4 is 21.3 Å². The maximum absolute atomic E-state index is 13.2. The minimum atomic E-state index is -0.176. The molecule has 6 rings (SSSR count). The molecule has 0 saturated carbocycles. The first kappa shape index (κ1) is 26.1. The topological polar surface area (TPSA) is 137 Å². The molecule has 2 atom stereocenters. The van der Waals surface area contributed by atoms with Crippen LogP contribution in [0.2, 0.25) is 0 Å². The molecular formula is C28H36N10O2. The van der Waals surface area contributed by atoms with Crippen LogP contribution in [0, 0.1) is 0 Å². The van der Waals surface area contributed by atoms with E-state index < -0.39 is 0 Å². The van der Waals surface area contributed by atoms with Crippen molar-refractivity contribution < 1.29 is 9.59 Å². The average molecular weight is 545 g/mol. The number of nitrogens with one attached hydrogen (secondary N) is 2. The van der Waals surface area contributed by atoms with Crippen molar-refractivity contribution >= 4 is 40.2 Å². The molecule has 6 heterocycles. The van der Waals surface area contributed by atoms with Crippen LogP contribution in [-0.2, 0) is 4.79 Å². The van der Waals surface area contributed by atoms with Crippen LogP contribution in [0.3, 0.4) is 0 Å². The van der Waals surface area contributed by atoms with E-state index in [0.717, 1.165) is 67.2 Å². The highest BCUT2D eigenvalue weighted by Crippen LogP contribution is 2.34. The monoisotopic (exact) mass is 544 g/mol. The minimum Gasteiger partial charge on any atom is -0.382 e. The minimum absolute atomic E-state index is 0.0398. The van der Waals surface area contributed by atoms with Crippen molar-refractivity contribution in [2.45, 2.75) is 38.3 Å². The van der Waals surface area contributed by atoms with Gasteiger partial charge in [0.2, 0.25) is 5.91 Å². The van der Waals surface area contributed by atoms with Gasteiger partial charge in [0, 0.05) is 51.7 Å². The Morgan fingerprint density at radius 3 is 2.77 bits per heavy atom. The van der Waals surface area contributed by atoms with E-state index in [4.69, 9.17) is 5.73 Å². The second kappa shape index (κ2) is 10.8. The Hall–Kier alpha value is -4.19. The molecule has 0 aromatic carbocycles. The first-order valence-corrected chi connectivity index (χ1v) is 13.9.